The van der Waals surface area contributed by atoms with Crippen molar-refractivity contribution in [2.45, 2.75) is 52.4 Å². The summed E-state index contributed by atoms with van der Waals surface area (Å²) in [5.41, 5.74) is 2.53. The zero-order valence-corrected chi connectivity index (χ0v) is 11.1. The fraction of sp³-hybridized carbons (Fsp3) is 0.571. The van der Waals surface area contributed by atoms with E-state index in [1.807, 2.05) is 12.1 Å². The van der Waals surface area contributed by atoms with Gasteiger partial charge in [-0.25, -0.2) is 0 Å². The number of nitrogens with zero attached hydrogens (tertiary/aromatic N) is 1. The van der Waals surface area contributed by atoms with E-state index in [4.69, 9.17) is 0 Å². The second-order valence-electron chi connectivity index (χ2n) is 6.25. The molecular weight excluding hydrogens is 198 g/mol. The fourth-order valence-electron chi connectivity index (χ4n) is 1.58. The second-order valence-corrected chi connectivity index (χ2v) is 6.25. The Bertz CT molecular complexity index is 394. The van der Waals surface area contributed by atoms with Gasteiger partial charge in [-0.15, -0.1) is 0 Å². The first-order valence-corrected chi connectivity index (χ1v) is 5.63. The predicted octanol–water partition coefficient (Wildman–Crippen LogP) is 3.49. The summed E-state index contributed by atoms with van der Waals surface area (Å²) in [7, 11) is 0. The van der Waals surface area contributed by atoms with E-state index in [0.717, 1.165) is 17.7 Å². The molecule has 0 saturated carbocycles. The van der Waals surface area contributed by atoms with Gasteiger partial charge in [0, 0.05) is 22.1 Å². The summed E-state index contributed by atoms with van der Waals surface area (Å²) in [6.07, 6.45) is 0.889. The van der Waals surface area contributed by atoms with Gasteiger partial charge in [0.2, 0.25) is 0 Å². The van der Waals surface area contributed by atoms with Crippen LogP contribution in [-0.2, 0) is 10.8 Å². The maximum absolute atomic E-state index is 11.0. The molecular formula is C14H21NO. The largest absolute Gasteiger partial charge is 0.298 e. The van der Waals surface area contributed by atoms with Crippen molar-refractivity contribution in [1.82, 2.24) is 4.98 Å². The summed E-state index contributed by atoms with van der Waals surface area (Å²) in [5.74, 6) is 0. The van der Waals surface area contributed by atoms with Crippen molar-refractivity contribution in [3.8, 4) is 0 Å². The lowest BCUT2D eigenvalue weighted by molar-refractivity contribution is 0.112. The van der Waals surface area contributed by atoms with Gasteiger partial charge in [0.15, 0.2) is 6.29 Å². The number of rotatable bonds is 1. The Hall–Kier alpha value is -1.18. The number of hydrogen-bond donors (Lipinski definition) is 0. The molecule has 0 amide bonds. The van der Waals surface area contributed by atoms with Crippen LogP contribution in [0.3, 0.4) is 0 Å². The highest BCUT2D eigenvalue weighted by Gasteiger charge is 2.23. The highest BCUT2D eigenvalue weighted by atomic mass is 16.1. The number of aldehydes is 1. The first kappa shape index (κ1) is 12.9. The van der Waals surface area contributed by atoms with Gasteiger partial charge in [0.25, 0.3) is 0 Å². The Morgan fingerprint density at radius 3 is 1.94 bits per heavy atom. The Morgan fingerprint density at radius 2 is 1.56 bits per heavy atom. The smallest absolute Gasteiger partial charge is 0.151 e. The van der Waals surface area contributed by atoms with Gasteiger partial charge in [-0.3, -0.25) is 9.78 Å². The van der Waals surface area contributed by atoms with E-state index in [9.17, 15) is 4.79 Å². The van der Waals surface area contributed by atoms with Crippen LogP contribution in [-0.4, -0.2) is 11.3 Å². The minimum atomic E-state index is -0.0997. The summed E-state index contributed by atoms with van der Waals surface area (Å²) in [6.45, 7) is 12.6. The van der Waals surface area contributed by atoms with E-state index in [2.05, 4.69) is 46.5 Å². The lowest BCUT2D eigenvalue weighted by Crippen LogP contribution is -2.21. The zero-order valence-electron chi connectivity index (χ0n) is 11.1. The zero-order chi connectivity index (χ0) is 12.6. The van der Waals surface area contributed by atoms with Crippen LogP contribution >= 0.6 is 0 Å². The molecule has 88 valence electrons. The van der Waals surface area contributed by atoms with Crippen LogP contribution in [0.4, 0.5) is 0 Å². The highest BCUT2D eigenvalue weighted by molar-refractivity contribution is 5.77. The summed E-state index contributed by atoms with van der Waals surface area (Å²) in [4.78, 5) is 15.6. The second kappa shape index (κ2) is 4.00. The third-order valence-corrected chi connectivity index (χ3v) is 2.53. The molecule has 1 rings (SSSR count). The molecule has 16 heavy (non-hydrogen) atoms. The molecule has 2 heteroatoms. The third kappa shape index (κ3) is 2.69. The summed E-state index contributed by atoms with van der Waals surface area (Å²) in [6, 6.07) is 3.82. The molecule has 1 heterocycles. The van der Waals surface area contributed by atoms with Crippen molar-refractivity contribution in [3.63, 3.8) is 0 Å². The standard InChI is InChI=1S/C14H21NO/c1-13(2,3)11-8-7-10(9-16)12(15-11)14(4,5)6/h7-9H,1-6H3. The van der Waals surface area contributed by atoms with Crippen LogP contribution in [0.25, 0.3) is 0 Å². The number of aromatic nitrogens is 1. The molecule has 0 atom stereocenters. The highest BCUT2D eigenvalue weighted by Crippen LogP contribution is 2.27. The van der Waals surface area contributed by atoms with Gasteiger partial charge in [-0.2, -0.15) is 0 Å². The number of carbonyl (C=O) groups is 1. The van der Waals surface area contributed by atoms with Crippen LogP contribution in [0.2, 0.25) is 0 Å². The van der Waals surface area contributed by atoms with Gasteiger partial charge in [-0.05, 0) is 12.1 Å². The molecule has 0 unspecified atom stereocenters. The van der Waals surface area contributed by atoms with Crippen LogP contribution in [0.5, 0.6) is 0 Å². The van der Waals surface area contributed by atoms with Crippen molar-refractivity contribution in [3.05, 3.63) is 29.1 Å². The van der Waals surface area contributed by atoms with E-state index < -0.39 is 0 Å². The van der Waals surface area contributed by atoms with Gasteiger partial charge in [0.05, 0.1) is 5.69 Å². The maximum atomic E-state index is 11.0. The first-order valence-electron chi connectivity index (χ1n) is 5.63. The molecule has 0 aliphatic carbocycles. The van der Waals surface area contributed by atoms with E-state index in [-0.39, 0.29) is 10.8 Å². The van der Waals surface area contributed by atoms with Crippen LogP contribution in [0, 0.1) is 0 Å². The normalized spacial score (nSPS) is 12.6. The molecule has 0 aliphatic heterocycles. The van der Waals surface area contributed by atoms with E-state index in [0.29, 0.717) is 5.56 Å². The molecule has 1 aromatic rings. The third-order valence-electron chi connectivity index (χ3n) is 2.53. The minimum Gasteiger partial charge on any atom is -0.298 e. The van der Waals surface area contributed by atoms with Crippen molar-refractivity contribution < 1.29 is 4.79 Å². The molecule has 0 spiro atoms. The molecule has 0 fully saturated rings. The molecule has 0 saturated heterocycles. The number of pyridine rings is 1. The van der Waals surface area contributed by atoms with Crippen molar-refractivity contribution >= 4 is 6.29 Å². The Balaban J connectivity index is 3.39. The quantitative estimate of drug-likeness (QED) is 0.677. The molecule has 0 bridgehead atoms. The van der Waals surface area contributed by atoms with E-state index in [1.54, 1.807) is 0 Å². The van der Waals surface area contributed by atoms with E-state index in [1.165, 1.54) is 0 Å². The molecule has 0 radical (unpaired) electrons. The molecule has 1 aromatic heterocycles. The topological polar surface area (TPSA) is 30.0 Å². The molecule has 2 nitrogen and oxygen atoms in total. The Labute approximate surface area is 98.1 Å². The SMILES string of the molecule is CC(C)(C)c1ccc(C=O)c(C(C)(C)C)n1. The Morgan fingerprint density at radius 1 is 1.00 bits per heavy atom. The first-order chi connectivity index (χ1) is 7.16. The minimum absolute atomic E-state index is 0.0153. The molecule has 0 aromatic carbocycles. The van der Waals surface area contributed by atoms with Crippen molar-refractivity contribution in [2.75, 3.05) is 0 Å². The van der Waals surface area contributed by atoms with E-state index >= 15 is 0 Å². The van der Waals surface area contributed by atoms with Crippen molar-refractivity contribution in [1.29, 1.82) is 0 Å². The van der Waals surface area contributed by atoms with Crippen LogP contribution in [0.1, 0.15) is 63.3 Å². The van der Waals surface area contributed by atoms with Gasteiger partial charge in [0.1, 0.15) is 0 Å². The summed E-state index contributed by atoms with van der Waals surface area (Å²) >= 11 is 0. The summed E-state index contributed by atoms with van der Waals surface area (Å²) < 4.78 is 0. The monoisotopic (exact) mass is 219 g/mol. The predicted molar refractivity (Wildman–Crippen MR) is 67.0 cm³/mol. The average Bonchev–Trinajstić information content (AvgIpc) is 2.14. The molecule has 0 N–H and O–H groups in total. The number of hydrogen-bond acceptors (Lipinski definition) is 2. The maximum Gasteiger partial charge on any atom is 0.151 e. The van der Waals surface area contributed by atoms with Crippen LogP contribution in [0.15, 0.2) is 12.1 Å². The fourth-order valence-corrected chi connectivity index (χ4v) is 1.58. The Kier molecular flexibility index (Phi) is 3.22. The summed E-state index contributed by atoms with van der Waals surface area (Å²) in [5, 5.41) is 0. The number of carbonyl (C=O) groups excluding carboxylic acids is 1. The van der Waals surface area contributed by atoms with Gasteiger partial charge < -0.3 is 0 Å². The van der Waals surface area contributed by atoms with Crippen molar-refractivity contribution in [2.24, 2.45) is 0 Å². The molecule has 0 aliphatic rings. The average molecular weight is 219 g/mol. The lowest BCUT2D eigenvalue weighted by atomic mass is 9.85. The van der Waals surface area contributed by atoms with Crippen LogP contribution < -0.4 is 0 Å². The van der Waals surface area contributed by atoms with Gasteiger partial charge >= 0.3 is 0 Å². The van der Waals surface area contributed by atoms with Gasteiger partial charge in [-0.1, -0.05) is 41.5 Å². The lowest BCUT2D eigenvalue weighted by Gasteiger charge is -2.24.